The molecule has 4 nitrogen and oxygen atoms in total. The number of piperidine rings is 1. The Hall–Kier alpha value is -0.820. The maximum atomic E-state index is 4.40. The Labute approximate surface area is 177 Å². The lowest BCUT2D eigenvalue weighted by Gasteiger charge is -2.35. The van der Waals surface area contributed by atoms with Crippen molar-refractivity contribution in [2.45, 2.75) is 52.0 Å². The molecule has 26 heavy (non-hydrogen) atoms. The van der Waals surface area contributed by atoms with Gasteiger partial charge in [0.2, 0.25) is 0 Å². The third kappa shape index (κ3) is 7.06. The average Bonchev–Trinajstić information content (AvgIpc) is 2.63. The highest BCUT2D eigenvalue weighted by Gasteiger charge is 2.23. The average molecular weight is 472 g/mol. The standard InChI is InChI=1S/C21H36N4.HI/c1-17(2)25-13-9-10-18(15-25)14-23-20(22-5)24-16-21(3,4)19-11-7-6-8-12-19;/h6-8,11-12,17-18H,9-10,13-16H2,1-5H3,(H2,22,23,24);1H. The number of hydrogen-bond acceptors (Lipinski definition) is 2. The highest BCUT2D eigenvalue weighted by Crippen LogP contribution is 2.21. The van der Waals surface area contributed by atoms with Crippen LogP contribution < -0.4 is 10.6 Å². The van der Waals surface area contributed by atoms with Crippen LogP contribution >= 0.6 is 24.0 Å². The maximum Gasteiger partial charge on any atom is 0.191 e. The smallest absolute Gasteiger partial charge is 0.191 e. The molecule has 1 aliphatic heterocycles. The van der Waals surface area contributed by atoms with Crippen LogP contribution in [0.3, 0.4) is 0 Å². The molecule has 5 heteroatoms. The predicted octanol–water partition coefficient (Wildman–Crippen LogP) is 3.87. The number of nitrogens with zero attached hydrogens (tertiary/aromatic N) is 2. The molecule has 1 saturated heterocycles. The van der Waals surface area contributed by atoms with Crippen LogP contribution in [0.2, 0.25) is 0 Å². The van der Waals surface area contributed by atoms with Crippen molar-refractivity contribution in [3.8, 4) is 0 Å². The van der Waals surface area contributed by atoms with E-state index in [9.17, 15) is 0 Å². The summed E-state index contributed by atoms with van der Waals surface area (Å²) < 4.78 is 0. The molecule has 2 rings (SSSR count). The van der Waals surface area contributed by atoms with E-state index in [0.717, 1.165) is 19.0 Å². The summed E-state index contributed by atoms with van der Waals surface area (Å²) in [5, 5.41) is 7.04. The number of halogens is 1. The number of guanidine groups is 1. The third-order valence-corrected chi connectivity index (χ3v) is 5.32. The molecule has 148 valence electrons. The molecule has 1 aromatic carbocycles. The molecule has 0 aromatic heterocycles. The van der Waals surface area contributed by atoms with Gasteiger partial charge in [0.05, 0.1) is 0 Å². The van der Waals surface area contributed by atoms with E-state index in [1.165, 1.54) is 31.5 Å². The lowest BCUT2D eigenvalue weighted by molar-refractivity contribution is 0.141. The van der Waals surface area contributed by atoms with Gasteiger partial charge in [0, 0.05) is 38.1 Å². The zero-order valence-corrected chi connectivity index (χ0v) is 19.4. The van der Waals surface area contributed by atoms with E-state index in [2.05, 4.69) is 78.6 Å². The Kier molecular flexibility index (Phi) is 9.93. The van der Waals surface area contributed by atoms with Gasteiger partial charge in [-0.05, 0) is 44.7 Å². The number of nitrogens with one attached hydrogen (secondary N) is 2. The van der Waals surface area contributed by atoms with Gasteiger partial charge >= 0.3 is 0 Å². The summed E-state index contributed by atoms with van der Waals surface area (Å²) in [5.74, 6) is 1.61. The van der Waals surface area contributed by atoms with Crippen LogP contribution in [0.1, 0.15) is 46.1 Å². The minimum absolute atomic E-state index is 0. The van der Waals surface area contributed by atoms with E-state index in [0.29, 0.717) is 12.0 Å². The first-order valence-electron chi connectivity index (χ1n) is 9.66. The summed E-state index contributed by atoms with van der Waals surface area (Å²) in [6, 6.07) is 11.3. The monoisotopic (exact) mass is 472 g/mol. The van der Waals surface area contributed by atoms with Crippen molar-refractivity contribution in [3.05, 3.63) is 35.9 Å². The summed E-state index contributed by atoms with van der Waals surface area (Å²) in [6.07, 6.45) is 2.61. The molecular formula is C21H37IN4. The van der Waals surface area contributed by atoms with Crippen LogP contribution in [0.4, 0.5) is 0 Å². The molecule has 1 fully saturated rings. The maximum absolute atomic E-state index is 4.40. The second-order valence-electron chi connectivity index (χ2n) is 8.15. The Bertz CT molecular complexity index is 542. The Morgan fingerprint density at radius 2 is 1.92 bits per heavy atom. The second-order valence-corrected chi connectivity index (χ2v) is 8.15. The molecule has 0 aliphatic carbocycles. The summed E-state index contributed by atoms with van der Waals surface area (Å²) >= 11 is 0. The van der Waals surface area contributed by atoms with E-state index in [4.69, 9.17) is 0 Å². The molecule has 1 aliphatic rings. The van der Waals surface area contributed by atoms with E-state index in [1.807, 2.05) is 7.05 Å². The van der Waals surface area contributed by atoms with Gasteiger partial charge in [-0.15, -0.1) is 24.0 Å². The lowest BCUT2D eigenvalue weighted by atomic mass is 9.85. The van der Waals surface area contributed by atoms with Crippen molar-refractivity contribution < 1.29 is 0 Å². The number of benzene rings is 1. The molecule has 1 atom stereocenters. The molecule has 1 heterocycles. The summed E-state index contributed by atoms with van der Waals surface area (Å²) in [4.78, 5) is 6.99. The highest BCUT2D eigenvalue weighted by molar-refractivity contribution is 14.0. The SMILES string of the molecule is CN=C(NCC1CCCN(C(C)C)C1)NCC(C)(C)c1ccccc1.I. The van der Waals surface area contributed by atoms with E-state index < -0.39 is 0 Å². The van der Waals surface area contributed by atoms with Gasteiger partial charge in [0.25, 0.3) is 0 Å². The first-order valence-corrected chi connectivity index (χ1v) is 9.66. The van der Waals surface area contributed by atoms with Gasteiger partial charge in [0.15, 0.2) is 5.96 Å². The molecule has 2 N–H and O–H groups in total. The first kappa shape index (κ1) is 23.2. The summed E-state index contributed by atoms with van der Waals surface area (Å²) in [6.45, 7) is 13.4. The number of aliphatic imine (C=N–C) groups is 1. The van der Waals surface area contributed by atoms with Crippen molar-refractivity contribution in [2.24, 2.45) is 10.9 Å². The lowest BCUT2D eigenvalue weighted by Crippen LogP contribution is -2.47. The Morgan fingerprint density at radius 3 is 2.54 bits per heavy atom. The van der Waals surface area contributed by atoms with Crippen LogP contribution in [-0.4, -0.2) is 50.1 Å². The second kappa shape index (κ2) is 11.1. The quantitative estimate of drug-likeness (QED) is 0.375. The van der Waals surface area contributed by atoms with Gasteiger partial charge in [0.1, 0.15) is 0 Å². The van der Waals surface area contributed by atoms with Gasteiger partial charge in [-0.2, -0.15) is 0 Å². The van der Waals surface area contributed by atoms with Crippen molar-refractivity contribution in [1.29, 1.82) is 0 Å². The normalized spacial score (nSPS) is 19.2. The van der Waals surface area contributed by atoms with Gasteiger partial charge < -0.3 is 15.5 Å². The number of rotatable bonds is 6. The minimum atomic E-state index is 0. The largest absolute Gasteiger partial charge is 0.356 e. The topological polar surface area (TPSA) is 39.7 Å². The fourth-order valence-electron chi connectivity index (χ4n) is 3.49. The molecule has 0 saturated carbocycles. The fourth-order valence-corrected chi connectivity index (χ4v) is 3.49. The molecule has 0 amide bonds. The van der Waals surface area contributed by atoms with Crippen molar-refractivity contribution in [2.75, 3.05) is 33.2 Å². The van der Waals surface area contributed by atoms with E-state index in [-0.39, 0.29) is 29.4 Å². The van der Waals surface area contributed by atoms with Gasteiger partial charge in [-0.25, -0.2) is 0 Å². The summed E-state index contributed by atoms with van der Waals surface area (Å²) in [7, 11) is 1.85. The number of hydrogen-bond donors (Lipinski definition) is 2. The van der Waals surface area contributed by atoms with Crippen molar-refractivity contribution in [3.63, 3.8) is 0 Å². The van der Waals surface area contributed by atoms with Crippen LogP contribution in [0, 0.1) is 5.92 Å². The molecular weight excluding hydrogens is 435 g/mol. The summed E-state index contributed by atoms with van der Waals surface area (Å²) in [5.41, 5.74) is 1.41. The highest BCUT2D eigenvalue weighted by atomic mass is 127. The predicted molar refractivity (Wildman–Crippen MR) is 124 cm³/mol. The zero-order chi connectivity index (χ0) is 18.3. The number of likely N-dealkylation sites (tertiary alicyclic amines) is 1. The van der Waals surface area contributed by atoms with Crippen molar-refractivity contribution >= 4 is 29.9 Å². The van der Waals surface area contributed by atoms with E-state index in [1.54, 1.807) is 0 Å². The molecule has 1 aromatic rings. The van der Waals surface area contributed by atoms with Crippen LogP contribution in [-0.2, 0) is 5.41 Å². The molecule has 0 radical (unpaired) electrons. The van der Waals surface area contributed by atoms with E-state index >= 15 is 0 Å². The zero-order valence-electron chi connectivity index (χ0n) is 17.1. The molecule has 0 spiro atoms. The Morgan fingerprint density at radius 1 is 1.23 bits per heavy atom. The van der Waals surface area contributed by atoms with Gasteiger partial charge in [-0.3, -0.25) is 4.99 Å². The fraction of sp³-hybridized carbons (Fsp3) is 0.667. The van der Waals surface area contributed by atoms with Gasteiger partial charge in [-0.1, -0.05) is 44.2 Å². The first-order chi connectivity index (χ1) is 11.9. The molecule has 1 unspecified atom stereocenters. The van der Waals surface area contributed by atoms with Crippen molar-refractivity contribution in [1.82, 2.24) is 15.5 Å². The third-order valence-electron chi connectivity index (χ3n) is 5.32. The van der Waals surface area contributed by atoms with Crippen LogP contribution in [0.15, 0.2) is 35.3 Å². The van der Waals surface area contributed by atoms with Crippen LogP contribution in [0.5, 0.6) is 0 Å². The molecule has 0 bridgehead atoms. The Balaban J connectivity index is 0.00000338. The minimum Gasteiger partial charge on any atom is -0.356 e. The van der Waals surface area contributed by atoms with Crippen LogP contribution in [0.25, 0.3) is 0 Å².